The highest BCUT2D eigenvalue weighted by molar-refractivity contribution is 7.10. The molecule has 0 aromatic carbocycles. The molecule has 4 fully saturated rings. The zero-order valence-corrected chi connectivity index (χ0v) is 20.2. The van der Waals surface area contributed by atoms with Crippen molar-refractivity contribution in [2.24, 2.45) is 5.92 Å². The van der Waals surface area contributed by atoms with Crippen LogP contribution in [-0.2, 0) is 19.7 Å². The predicted octanol–water partition coefficient (Wildman–Crippen LogP) is 4.43. The molecule has 178 valence electrons. The Labute approximate surface area is 199 Å². The molecule has 1 amide bonds. The standard InChI is InChI=1S/C25H33N3O4S/c1-18-15-22(27-32-18)26-23(29)17-28-12-8-19(9-13-28)20(16-28)31-24(30)25(21-7-6-14-33-21)10-4-2-3-5-11-25/h6-7,14-15,19-20H,2-5,8-13,16-17H2,1H3/p+1/t19?,20-,28?/m0/s1. The number of aromatic nitrogens is 1. The van der Waals surface area contributed by atoms with Crippen molar-refractivity contribution >= 4 is 29.0 Å². The van der Waals surface area contributed by atoms with Crippen LogP contribution < -0.4 is 5.32 Å². The summed E-state index contributed by atoms with van der Waals surface area (Å²) in [5.41, 5.74) is -0.496. The molecular weight excluding hydrogens is 438 g/mol. The number of hydrogen-bond acceptors (Lipinski definition) is 6. The number of ether oxygens (including phenoxy) is 1. The summed E-state index contributed by atoms with van der Waals surface area (Å²) in [6, 6.07) is 5.88. The Hall–Kier alpha value is -2.19. The average Bonchev–Trinajstić information content (AvgIpc) is 3.41. The quantitative estimate of drug-likeness (QED) is 0.382. The van der Waals surface area contributed by atoms with E-state index in [4.69, 9.17) is 9.26 Å². The Morgan fingerprint density at radius 1 is 1.24 bits per heavy atom. The van der Waals surface area contributed by atoms with E-state index in [-0.39, 0.29) is 18.0 Å². The third-order valence-electron chi connectivity index (χ3n) is 8.02. The van der Waals surface area contributed by atoms with Crippen molar-refractivity contribution in [1.29, 1.82) is 0 Å². The number of nitrogens with zero attached hydrogens (tertiary/aromatic N) is 2. The van der Waals surface area contributed by atoms with Crippen LogP contribution in [0.2, 0.25) is 0 Å². The number of fused-ring (bicyclic) bond motifs is 3. The fourth-order valence-corrected chi connectivity index (χ4v) is 7.15. The van der Waals surface area contributed by atoms with E-state index >= 15 is 0 Å². The largest absolute Gasteiger partial charge is 0.455 e. The number of esters is 1. The van der Waals surface area contributed by atoms with Crippen LogP contribution in [0.15, 0.2) is 28.1 Å². The highest BCUT2D eigenvalue weighted by atomic mass is 32.1. The first kappa shape index (κ1) is 22.6. The molecule has 6 rings (SSSR count). The molecule has 5 heterocycles. The van der Waals surface area contributed by atoms with Gasteiger partial charge in [0.2, 0.25) is 0 Å². The number of aryl methyl sites for hydroxylation is 1. The summed E-state index contributed by atoms with van der Waals surface area (Å²) in [4.78, 5) is 27.7. The molecule has 1 N–H and O–H groups in total. The van der Waals surface area contributed by atoms with Gasteiger partial charge >= 0.3 is 5.97 Å². The summed E-state index contributed by atoms with van der Waals surface area (Å²) in [6.45, 7) is 4.82. The summed E-state index contributed by atoms with van der Waals surface area (Å²) < 4.78 is 12.1. The van der Waals surface area contributed by atoms with Gasteiger partial charge in [-0.2, -0.15) is 0 Å². The first-order valence-electron chi connectivity index (χ1n) is 12.3. The molecule has 4 aliphatic rings. The number of hydrogen-bond donors (Lipinski definition) is 1. The zero-order chi connectivity index (χ0) is 22.9. The summed E-state index contributed by atoms with van der Waals surface area (Å²) in [6.07, 6.45) is 8.17. The van der Waals surface area contributed by atoms with Gasteiger partial charge in [0.15, 0.2) is 18.5 Å². The van der Waals surface area contributed by atoms with Gasteiger partial charge in [0.25, 0.3) is 5.91 Å². The third kappa shape index (κ3) is 4.60. The van der Waals surface area contributed by atoms with Crippen LogP contribution in [0.3, 0.4) is 0 Å². The fourth-order valence-electron chi connectivity index (χ4n) is 6.17. The number of rotatable bonds is 6. The Morgan fingerprint density at radius 3 is 2.64 bits per heavy atom. The van der Waals surface area contributed by atoms with E-state index in [0.717, 1.165) is 63.0 Å². The van der Waals surface area contributed by atoms with Crippen molar-refractivity contribution < 1.29 is 23.3 Å². The van der Waals surface area contributed by atoms with E-state index in [1.54, 1.807) is 24.3 Å². The number of amides is 1. The second-order valence-electron chi connectivity index (χ2n) is 10.3. The maximum absolute atomic E-state index is 13.8. The van der Waals surface area contributed by atoms with Gasteiger partial charge < -0.3 is 19.1 Å². The molecule has 1 aliphatic carbocycles. The molecule has 3 saturated heterocycles. The number of carbonyl (C=O) groups excluding carboxylic acids is 2. The minimum absolute atomic E-state index is 0.0359. The molecule has 7 nitrogen and oxygen atoms in total. The van der Waals surface area contributed by atoms with Crippen LogP contribution in [0, 0.1) is 12.8 Å². The molecule has 8 heteroatoms. The topological polar surface area (TPSA) is 81.4 Å². The van der Waals surface area contributed by atoms with Crippen molar-refractivity contribution in [2.75, 3.05) is 31.5 Å². The zero-order valence-electron chi connectivity index (χ0n) is 19.4. The second-order valence-corrected chi connectivity index (χ2v) is 11.2. The maximum atomic E-state index is 13.8. The highest BCUT2D eigenvalue weighted by Gasteiger charge is 2.51. The lowest BCUT2D eigenvalue weighted by atomic mass is 9.78. The van der Waals surface area contributed by atoms with Crippen molar-refractivity contribution in [3.63, 3.8) is 0 Å². The predicted molar refractivity (Wildman–Crippen MR) is 126 cm³/mol. The number of anilines is 1. The number of nitrogens with one attached hydrogen (secondary N) is 1. The van der Waals surface area contributed by atoms with Crippen LogP contribution in [-0.4, -0.2) is 53.8 Å². The molecule has 2 aromatic heterocycles. The Balaban J connectivity index is 1.28. The Morgan fingerprint density at radius 2 is 2.00 bits per heavy atom. The summed E-state index contributed by atoms with van der Waals surface area (Å²) >= 11 is 1.68. The van der Waals surface area contributed by atoms with E-state index in [1.165, 1.54) is 12.8 Å². The monoisotopic (exact) mass is 472 g/mol. The van der Waals surface area contributed by atoms with Gasteiger partial charge in [-0.3, -0.25) is 9.59 Å². The molecular formula is C25H34N3O4S+. The second kappa shape index (κ2) is 9.22. The van der Waals surface area contributed by atoms with Crippen LogP contribution in [0.1, 0.15) is 62.0 Å². The van der Waals surface area contributed by atoms with Gasteiger partial charge in [0.05, 0.1) is 13.1 Å². The minimum atomic E-state index is -0.496. The highest BCUT2D eigenvalue weighted by Crippen LogP contribution is 2.43. The number of carbonyl (C=O) groups is 2. The molecule has 2 bridgehead atoms. The van der Waals surface area contributed by atoms with E-state index in [2.05, 4.69) is 21.9 Å². The molecule has 2 aromatic rings. The SMILES string of the molecule is Cc1cc(NC(=O)C[N+]23CCC(CC2)[C@@H](OC(=O)C2(c4cccs4)CCCCCC2)C3)no1. The number of quaternary nitrogens is 1. The van der Waals surface area contributed by atoms with Crippen molar-refractivity contribution in [3.8, 4) is 0 Å². The van der Waals surface area contributed by atoms with Gasteiger partial charge in [-0.15, -0.1) is 11.3 Å². The minimum Gasteiger partial charge on any atom is -0.455 e. The van der Waals surface area contributed by atoms with Gasteiger partial charge in [-0.1, -0.05) is 36.9 Å². The molecule has 1 saturated carbocycles. The lowest BCUT2D eigenvalue weighted by molar-refractivity contribution is -0.939. The third-order valence-corrected chi connectivity index (χ3v) is 9.09. The molecule has 33 heavy (non-hydrogen) atoms. The van der Waals surface area contributed by atoms with Crippen molar-refractivity contribution in [2.45, 2.75) is 69.8 Å². The van der Waals surface area contributed by atoms with Gasteiger partial charge in [0, 0.05) is 29.7 Å². The lowest BCUT2D eigenvalue weighted by Gasteiger charge is -2.51. The first-order chi connectivity index (χ1) is 16.0. The van der Waals surface area contributed by atoms with Gasteiger partial charge in [0.1, 0.15) is 17.7 Å². The molecule has 0 radical (unpaired) electrons. The Kier molecular flexibility index (Phi) is 6.31. The first-order valence-corrected chi connectivity index (χ1v) is 13.2. The molecule has 3 aliphatic heterocycles. The normalized spacial score (nSPS) is 28.8. The van der Waals surface area contributed by atoms with E-state index < -0.39 is 5.41 Å². The molecule has 0 spiro atoms. The number of piperidine rings is 3. The summed E-state index contributed by atoms with van der Waals surface area (Å²) in [7, 11) is 0. The lowest BCUT2D eigenvalue weighted by Crippen LogP contribution is -2.66. The van der Waals surface area contributed by atoms with Crippen LogP contribution in [0.4, 0.5) is 5.82 Å². The Bertz CT molecular complexity index is 970. The van der Waals surface area contributed by atoms with E-state index in [0.29, 0.717) is 28.5 Å². The van der Waals surface area contributed by atoms with E-state index in [9.17, 15) is 9.59 Å². The smallest absolute Gasteiger partial charge is 0.317 e. The van der Waals surface area contributed by atoms with Crippen LogP contribution in [0.5, 0.6) is 0 Å². The maximum Gasteiger partial charge on any atom is 0.317 e. The molecule has 1 atom stereocenters. The van der Waals surface area contributed by atoms with E-state index in [1.807, 2.05) is 6.07 Å². The number of thiophene rings is 1. The van der Waals surface area contributed by atoms with Crippen LogP contribution >= 0.6 is 11.3 Å². The van der Waals surface area contributed by atoms with Crippen molar-refractivity contribution in [3.05, 3.63) is 34.2 Å². The summed E-state index contributed by atoms with van der Waals surface area (Å²) in [5, 5.41) is 8.80. The van der Waals surface area contributed by atoms with Gasteiger partial charge in [-0.25, -0.2) is 0 Å². The molecule has 0 unspecified atom stereocenters. The summed E-state index contributed by atoms with van der Waals surface area (Å²) in [5.74, 6) is 1.43. The average molecular weight is 473 g/mol. The fraction of sp³-hybridized carbons (Fsp3) is 0.640. The van der Waals surface area contributed by atoms with Crippen LogP contribution in [0.25, 0.3) is 0 Å². The van der Waals surface area contributed by atoms with Crippen molar-refractivity contribution in [1.82, 2.24) is 5.16 Å². The van der Waals surface area contributed by atoms with Gasteiger partial charge in [-0.05, 0) is 31.2 Å².